The molecule has 3 aromatic rings. The van der Waals surface area contributed by atoms with Crippen molar-refractivity contribution < 1.29 is 4.74 Å². The zero-order valence-corrected chi connectivity index (χ0v) is 18.2. The molecule has 0 unspecified atom stereocenters. The van der Waals surface area contributed by atoms with Gasteiger partial charge < -0.3 is 9.72 Å². The topological polar surface area (TPSA) is 70.8 Å². The molecule has 1 aliphatic rings. The van der Waals surface area contributed by atoms with E-state index in [0.717, 1.165) is 39.6 Å². The fourth-order valence-corrected chi connectivity index (χ4v) is 4.51. The van der Waals surface area contributed by atoms with Gasteiger partial charge in [0.2, 0.25) is 5.56 Å². The van der Waals surface area contributed by atoms with Crippen molar-refractivity contribution in [3.8, 4) is 23.0 Å². The lowest BCUT2D eigenvalue weighted by atomic mass is 9.76. The second-order valence-electron chi connectivity index (χ2n) is 8.60. The Morgan fingerprint density at radius 1 is 1.13 bits per heavy atom. The van der Waals surface area contributed by atoms with Gasteiger partial charge in [-0.1, -0.05) is 39.5 Å². The van der Waals surface area contributed by atoms with Gasteiger partial charge in [-0.25, -0.2) is 0 Å². The monoisotopic (exact) mass is 403 g/mol. The SMILES string of the molecule is CC[C@H]1O[C@H](C#Cc2cc(-c3c[nH]c(=O)cc3C)cc3cn[nH]c23)[C@@H](C)[C@@H](C)[C@@H]1C. The molecule has 30 heavy (non-hydrogen) atoms. The van der Waals surface area contributed by atoms with Crippen LogP contribution in [0.25, 0.3) is 22.0 Å². The zero-order valence-electron chi connectivity index (χ0n) is 18.2. The standard InChI is InChI=1S/C25H29N3O2/c1-6-22-16(4)15(3)17(5)23(30-22)8-7-18-10-19(11-20-12-27-28-25(18)20)21-13-26-24(29)9-14(21)2/h9-13,15-17,22-23H,6H2,1-5H3,(H,26,29)(H,27,28)/t15-,16-,17-,22+,23+/m0/s1. The second kappa shape index (κ2) is 8.12. The summed E-state index contributed by atoms with van der Waals surface area (Å²) in [6.07, 6.45) is 4.73. The number of nitrogens with zero attached hydrogens (tertiary/aromatic N) is 1. The number of aryl methyl sites for hydroxylation is 1. The molecule has 1 aromatic carbocycles. The summed E-state index contributed by atoms with van der Waals surface area (Å²) in [5, 5.41) is 8.28. The minimum atomic E-state index is -0.0992. The third-order valence-electron chi connectivity index (χ3n) is 6.79. The average molecular weight is 404 g/mol. The molecule has 0 spiro atoms. The molecular formula is C25H29N3O2. The number of H-pyrrole nitrogens is 2. The normalized spacial score (nSPS) is 26.4. The van der Waals surface area contributed by atoms with Crippen LogP contribution in [0.5, 0.6) is 0 Å². The molecule has 0 aliphatic carbocycles. The van der Waals surface area contributed by atoms with E-state index in [9.17, 15) is 4.79 Å². The van der Waals surface area contributed by atoms with Crippen molar-refractivity contribution >= 4 is 10.9 Å². The van der Waals surface area contributed by atoms with Crippen LogP contribution in [0.4, 0.5) is 0 Å². The van der Waals surface area contributed by atoms with Gasteiger partial charge in [0.25, 0.3) is 0 Å². The Labute approximate surface area is 177 Å². The zero-order chi connectivity index (χ0) is 21.4. The Kier molecular flexibility index (Phi) is 5.53. The molecule has 5 heteroatoms. The number of ether oxygens (including phenoxy) is 1. The van der Waals surface area contributed by atoms with Gasteiger partial charge in [0.1, 0.15) is 6.10 Å². The summed E-state index contributed by atoms with van der Waals surface area (Å²) in [6.45, 7) is 10.9. The van der Waals surface area contributed by atoms with Crippen LogP contribution >= 0.6 is 0 Å². The molecule has 2 aromatic heterocycles. The van der Waals surface area contributed by atoms with Gasteiger partial charge in [-0.05, 0) is 54.4 Å². The maximum Gasteiger partial charge on any atom is 0.248 e. The highest BCUT2D eigenvalue weighted by Gasteiger charge is 2.37. The largest absolute Gasteiger partial charge is 0.362 e. The first-order valence-electron chi connectivity index (χ1n) is 10.7. The van der Waals surface area contributed by atoms with E-state index in [2.05, 4.69) is 66.8 Å². The Balaban J connectivity index is 1.75. The van der Waals surface area contributed by atoms with Crippen LogP contribution in [0, 0.1) is 36.5 Å². The number of benzene rings is 1. The van der Waals surface area contributed by atoms with Crippen LogP contribution in [0.15, 0.2) is 35.4 Å². The second-order valence-corrected chi connectivity index (χ2v) is 8.60. The van der Waals surface area contributed by atoms with Crippen molar-refractivity contribution in [2.45, 2.75) is 53.2 Å². The molecule has 4 rings (SSSR count). The van der Waals surface area contributed by atoms with Crippen LogP contribution in [-0.4, -0.2) is 27.4 Å². The molecule has 0 saturated carbocycles. The molecule has 0 radical (unpaired) electrons. The van der Waals surface area contributed by atoms with Crippen LogP contribution in [0.1, 0.15) is 45.2 Å². The third-order valence-corrected chi connectivity index (χ3v) is 6.79. The molecule has 1 saturated heterocycles. The van der Waals surface area contributed by atoms with E-state index in [0.29, 0.717) is 17.8 Å². The third kappa shape index (κ3) is 3.68. The van der Waals surface area contributed by atoms with Crippen molar-refractivity contribution in [1.29, 1.82) is 0 Å². The Morgan fingerprint density at radius 2 is 1.93 bits per heavy atom. The lowest BCUT2D eigenvalue weighted by Crippen LogP contribution is -2.43. The summed E-state index contributed by atoms with van der Waals surface area (Å²) < 4.78 is 6.35. The number of hydrogen-bond donors (Lipinski definition) is 2. The van der Waals surface area contributed by atoms with Gasteiger partial charge in [0.15, 0.2) is 0 Å². The minimum Gasteiger partial charge on any atom is -0.362 e. The first-order valence-corrected chi connectivity index (χ1v) is 10.7. The molecular weight excluding hydrogens is 374 g/mol. The van der Waals surface area contributed by atoms with Gasteiger partial charge in [0, 0.05) is 23.2 Å². The lowest BCUT2D eigenvalue weighted by Gasteiger charge is -2.41. The highest BCUT2D eigenvalue weighted by atomic mass is 16.5. The fourth-order valence-electron chi connectivity index (χ4n) is 4.51. The molecule has 1 aliphatic heterocycles. The van der Waals surface area contributed by atoms with Crippen LogP contribution in [0.3, 0.4) is 0 Å². The summed E-state index contributed by atoms with van der Waals surface area (Å²) in [4.78, 5) is 14.4. The van der Waals surface area contributed by atoms with E-state index in [1.165, 1.54) is 0 Å². The Bertz CT molecular complexity index is 1180. The van der Waals surface area contributed by atoms with Crippen molar-refractivity contribution in [2.24, 2.45) is 17.8 Å². The summed E-state index contributed by atoms with van der Waals surface area (Å²) in [5.41, 5.74) is 4.63. The van der Waals surface area contributed by atoms with Crippen molar-refractivity contribution in [3.63, 3.8) is 0 Å². The van der Waals surface area contributed by atoms with Gasteiger partial charge in [-0.2, -0.15) is 5.10 Å². The van der Waals surface area contributed by atoms with Gasteiger partial charge in [0.05, 0.1) is 23.4 Å². The van der Waals surface area contributed by atoms with E-state index >= 15 is 0 Å². The van der Waals surface area contributed by atoms with E-state index in [1.54, 1.807) is 12.3 Å². The summed E-state index contributed by atoms with van der Waals surface area (Å²) in [7, 11) is 0. The van der Waals surface area contributed by atoms with Gasteiger partial charge in [-0.3, -0.25) is 9.89 Å². The van der Waals surface area contributed by atoms with E-state index in [4.69, 9.17) is 4.74 Å². The van der Waals surface area contributed by atoms with Gasteiger partial charge >= 0.3 is 0 Å². The van der Waals surface area contributed by atoms with Crippen molar-refractivity contribution in [3.05, 3.63) is 52.1 Å². The molecule has 0 amide bonds. The molecule has 0 bridgehead atoms. The maximum absolute atomic E-state index is 11.6. The first kappa shape index (κ1) is 20.4. The number of fused-ring (bicyclic) bond motifs is 1. The number of pyridine rings is 1. The van der Waals surface area contributed by atoms with Crippen LogP contribution in [0.2, 0.25) is 0 Å². The Hall–Kier alpha value is -2.84. The number of nitrogens with one attached hydrogen (secondary N) is 2. The van der Waals surface area contributed by atoms with Crippen LogP contribution in [-0.2, 0) is 4.74 Å². The average Bonchev–Trinajstić information content (AvgIpc) is 3.20. The molecule has 5 atom stereocenters. The lowest BCUT2D eigenvalue weighted by molar-refractivity contribution is -0.109. The fraction of sp³-hybridized carbons (Fsp3) is 0.440. The van der Waals surface area contributed by atoms with Gasteiger partial charge in [-0.15, -0.1) is 0 Å². The smallest absolute Gasteiger partial charge is 0.248 e. The quantitative estimate of drug-likeness (QED) is 0.611. The van der Waals surface area contributed by atoms with Crippen molar-refractivity contribution in [2.75, 3.05) is 0 Å². The molecule has 1 fully saturated rings. The number of rotatable bonds is 2. The molecule has 5 nitrogen and oxygen atoms in total. The maximum atomic E-state index is 11.6. The number of aromatic nitrogens is 3. The minimum absolute atomic E-state index is 0.0856. The molecule has 2 N–H and O–H groups in total. The first-order chi connectivity index (χ1) is 14.4. The predicted molar refractivity (Wildman–Crippen MR) is 120 cm³/mol. The molecule has 156 valence electrons. The van der Waals surface area contributed by atoms with Crippen molar-refractivity contribution in [1.82, 2.24) is 15.2 Å². The summed E-state index contributed by atoms with van der Waals surface area (Å²) in [6, 6.07) is 5.75. The highest BCUT2D eigenvalue weighted by molar-refractivity contribution is 5.89. The van der Waals surface area contributed by atoms with Crippen LogP contribution < -0.4 is 5.56 Å². The molecule has 3 heterocycles. The predicted octanol–water partition coefficient (Wildman–Crippen LogP) is 4.66. The van der Waals surface area contributed by atoms with E-state index < -0.39 is 0 Å². The van der Waals surface area contributed by atoms with E-state index in [-0.39, 0.29) is 17.8 Å². The Morgan fingerprint density at radius 3 is 2.67 bits per heavy atom. The summed E-state index contributed by atoms with van der Waals surface area (Å²) in [5.74, 6) is 8.26. The van der Waals surface area contributed by atoms with E-state index in [1.807, 2.05) is 13.1 Å². The number of aromatic amines is 2. The summed E-state index contributed by atoms with van der Waals surface area (Å²) >= 11 is 0. The number of hydrogen-bond acceptors (Lipinski definition) is 3. The highest BCUT2D eigenvalue weighted by Crippen LogP contribution is 2.36.